The number of aromatic nitrogens is 1. The van der Waals surface area contributed by atoms with Crippen LogP contribution in [0.3, 0.4) is 0 Å². The molecule has 2 rings (SSSR count). The third kappa shape index (κ3) is 4.20. The average molecular weight is 261 g/mol. The summed E-state index contributed by atoms with van der Waals surface area (Å²) in [5.74, 6) is 2.00. The predicted molar refractivity (Wildman–Crippen MR) is 81.4 cm³/mol. The molecule has 1 aliphatic rings. The van der Waals surface area contributed by atoms with Crippen molar-refractivity contribution >= 4 is 5.82 Å². The summed E-state index contributed by atoms with van der Waals surface area (Å²) in [6.07, 6.45) is 6.06. The lowest BCUT2D eigenvalue weighted by Crippen LogP contribution is -2.36. The molecular formula is C16H27N3. The first-order valence-electron chi connectivity index (χ1n) is 7.36. The number of nitrogens with one attached hydrogen (secondary N) is 1. The summed E-state index contributed by atoms with van der Waals surface area (Å²) in [6.45, 7) is 8.60. The maximum absolute atomic E-state index is 4.58. The smallest absolute Gasteiger partial charge is 0.132 e. The van der Waals surface area contributed by atoms with E-state index < -0.39 is 0 Å². The first-order valence-corrected chi connectivity index (χ1v) is 7.36. The Morgan fingerprint density at radius 2 is 2.11 bits per heavy atom. The molecule has 0 bridgehead atoms. The molecule has 0 radical (unpaired) electrons. The summed E-state index contributed by atoms with van der Waals surface area (Å²) in [4.78, 5) is 6.90. The monoisotopic (exact) mass is 261 g/mol. The molecule has 1 aliphatic carbocycles. The molecule has 0 spiro atoms. The van der Waals surface area contributed by atoms with Gasteiger partial charge < -0.3 is 10.2 Å². The fraction of sp³-hybridized carbons (Fsp3) is 0.688. The molecule has 0 aliphatic heterocycles. The Morgan fingerprint density at radius 1 is 1.37 bits per heavy atom. The van der Waals surface area contributed by atoms with Crippen molar-refractivity contribution < 1.29 is 0 Å². The summed E-state index contributed by atoms with van der Waals surface area (Å²) < 4.78 is 0. The molecule has 3 heteroatoms. The van der Waals surface area contributed by atoms with Crippen LogP contribution in [0.2, 0.25) is 0 Å². The number of hydrogen-bond donors (Lipinski definition) is 1. The number of anilines is 1. The van der Waals surface area contributed by atoms with Crippen molar-refractivity contribution in [1.29, 1.82) is 0 Å². The van der Waals surface area contributed by atoms with Crippen molar-refractivity contribution in [3.63, 3.8) is 0 Å². The summed E-state index contributed by atoms with van der Waals surface area (Å²) in [5.41, 5.74) is 1.43. The van der Waals surface area contributed by atoms with Crippen LogP contribution in [0.25, 0.3) is 0 Å². The van der Waals surface area contributed by atoms with E-state index in [0.29, 0.717) is 0 Å². The predicted octanol–water partition coefficient (Wildman–Crippen LogP) is 3.21. The van der Waals surface area contributed by atoms with Gasteiger partial charge in [0.1, 0.15) is 5.82 Å². The van der Waals surface area contributed by atoms with Gasteiger partial charge in [-0.3, -0.25) is 0 Å². The van der Waals surface area contributed by atoms with Crippen LogP contribution in [-0.4, -0.2) is 24.1 Å². The first-order chi connectivity index (χ1) is 8.96. The van der Waals surface area contributed by atoms with E-state index in [1.54, 1.807) is 0 Å². The average Bonchev–Trinajstić information content (AvgIpc) is 2.30. The Morgan fingerprint density at radius 3 is 2.68 bits per heavy atom. The maximum atomic E-state index is 4.58. The van der Waals surface area contributed by atoms with Gasteiger partial charge in [0.15, 0.2) is 0 Å². The van der Waals surface area contributed by atoms with E-state index in [2.05, 4.69) is 49.1 Å². The van der Waals surface area contributed by atoms with E-state index in [-0.39, 0.29) is 5.54 Å². The van der Waals surface area contributed by atoms with E-state index in [4.69, 9.17) is 0 Å². The zero-order valence-electron chi connectivity index (χ0n) is 12.7. The van der Waals surface area contributed by atoms with E-state index >= 15 is 0 Å². The minimum atomic E-state index is 0.139. The van der Waals surface area contributed by atoms with Crippen LogP contribution in [0.5, 0.6) is 0 Å². The molecule has 0 aromatic carbocycles. The molecule has 1 saturated carbocycles. The third-order valence-electron chi connectivity index (χ3n) is 3.80. The van der Waals surface area contributed by atoms with Gasteiger partial charge >= 0.3 is 0 Å². The Labute approximate surface area is 117 Å². The van der Waals surface area contributed by atoms with Crippen LogP contribution < -0.4 is 10.2 Å². The lowest BCUT2D eigenvalue weighted by atomic mass is 9.85. The van der Waals surface area contributed by atoms with Gasteiger partial charge in [-0.2, -0.15) is 0 Å². The second-order valence-electron chi connectivity index (χ2n) is 6.77. The minimum Gasteiger partial charge on any atom is -0.359 e. The maximum Gasteiger partial charge on any atom is 0.132 e. The number of pyridine rings is 1. The van der Waals surface area contributed by atoms with Crippen molar-refractivity contribution in [2.24, 2.45) is 5.92 Å². The molecular weight excluding hydrogens is 234 g/mol. The molecule has 106 valence electrons. The largest absolute Gasteiger partial charge is 0.359 e. The Kier molecular flexibility index (Phi) is 4.46. The van der Waals surface area contributed by atoms with E-state index in [1.165, 1.54) is 24.8 Å². The Hall–Kier alpha value is -1.09. The van der Waals surface area contributed by atoms with Gasteiger partial charge in [0.2, 0.25) is 0 Å². The zero-order chi connectivity index (χ0) is 13.9. The molecule has 1 fully saturated rings. The molecule has 19 heavy (non-hydrogen) atoms. The highest BCUT2D eigenvalue weighted by Crippen LogP contribution is 2.28. The summed E-state index contributed by atoms with van der Waals surface area (Å²) >= 11 is 0. The molecule has 1 aromatic rings. The van der Waals surface area contributed by atoms with Crippen LogP contribution in [0.4, 0.5) is 5.82 Å². The van der Waals surface area contributed by atoms with Crippen LogP contribution in [0.15, 0.2) is 18.3 Å². The molecule has 1 heterocycles. The van der Waals surface area contributed by atoms with E-state index in [0.717, 1.165) is 24.8 Å². The van der Waals surface area contributed by atoms with E-state index in [9.17, 15) is 0 Å². The highest BCUT2D eigenvalue weighted by atomic mass is 15.2. The SMILES string of the molecule is CN(CC1CCC1)c1ncccc1CNC(C)(C)C. The summed E-state index contributed by atoms with van der Waals surface area (Å²) in [7, 11) is 2.17. The van der Waals surface area contributed by atoms with Crippen LogP contribution in [0, 0.1) is 5.92 Å². The summed E-state index contributed by atoms with van der Waals surface area (Å²) in [5, 5.41) is 3.55. The van der Waals surface area contributed by atoms with Crippen molar-refractivity contribution in [3.05, 3.63) is 23.9 Å². The van der Waals surface area contributed by atoms with Gasteiger partial charge in [-0.25, -0.2) is 4.98 Å². The second kappa shape index (κ2) is 5.91. The fourth-order valence-corrected chi connectivity index (χ4v) is 2.42. The lowest BCUT2D eigenvalue weighted by molar-refractivity contribution is 0.320. The third-order valence-corrected chi connectivity index (χ3v) is 3.80. The normalized spacial score (nSPS) is 16.2. The van der Waals surface area contributed by atoms with Crippen molar-refractivity contribution in [3.8, 4) is 0 Å². The highest BCUT2D eigenvalue weighted by Gasteiger charge is 2.21. The van der Waals surface area contributed by atoms with Gasteiger partial charge in [-0.1, -0.05) is 12.5 Å². The molecule has 1 N–H and O–H groups in total. The number of rotatable bonds is 5. The van der Waals surface area contributed by atoms with Gasteiger partial charge in [0.05, 0.1) is 0 Å². The first kappa shape index (κ1) is 14.3. The molecule has 0 amide bonds. The molecule has 3 nitrogen and oxygen atoms in total. The molecule has 0 saturated heterocycles. The number of nitrogens with zero attached hydrogens (tertiary/aromatic N) is 2. The Bertz CT molecular complexity index is 405. The highest BCUT2D eigenvalue weighted by molar-refractivity contribution is 5.46. The van der Waals surface area contributed by atoms with Crippen molar-refractivity contribution in [1.82, 2.24) is 10.3 Å². The van der Waals surface area contributed by atoms with Gasteiger partial charge in [0, 0.05) is 37.4 Å². The quantitative estimate of drug-likeness (QED) is 0.882. The van der Waals surface area contributed by atoms with Crippen molar-refractivity contribution in [2.45, 2.75) is 52.1 Å². The van der Waals surface area contributed by atoms with Gasteiger partial charge in [-0.15, -0.1) is 0 Å². The second-order valence-corrected chi connectivity index (χ2v) is 6.77. The van der Waals surface area contributed by atoms with Crippen molar-refractivity contribution in [2.75, 3.05) is 18.5 Å². The summed E-state index contributed by atoms with van der Waals surface area (Å²) in [6, 6.07) is 4.21. The lowest BCUT2D eigenvalue weighted by Gasteiger charge is -2.32. The zero-order valence-corrected chi connectivity index (χ0v) is 12.7. The van der Waals surface area contributed by atoms with Crippen LogP contribution in [-0.2, 0) is 6.54 Å². The Balaban J connectivity index is 2.02. The molecule has 0 unspecified atom stereocenters. The van der Waals surface area contributed by atoms with E-state index in [1.807, 2.05) is 12.3 Å². The minimum absolute atomic E-state index is 0.139. The van der Waals surface area contributed by atoms with Gasteiger partial charge in [0.25, 0.3) is 0 Å². The molecule has 0 atom stereocenters. The number of hydrogen-bond acceptors (Lipinski definition) is 3. The van der Waals surface area contributed by atoms with Crippen LogP contribution >= 0.6 is 0 Å². The van der Waals surface area contributed by atoms with Gasteiger partial charge in [-0.05, 0) is 45.6 Å². The topological polar surface area (TPSA) is 28.2 Å². The fourth-order valence-electron chi connectivity index (χ4n) is 2.42. The van der Waals surface area contributed by atoms with Crippen LogP contribution in [0.1, 0.15) is 45.6 Å². The standard InChI is InChI=1S/C16H27N3/c1-16(2,3)18-11-14-9-6-10-17-15(14)19(4)12-13-7-5-8-13/h6,9-10,13,18H,5,7-8,11-12H2,1-4H3. The molecule has 1 aromatic heterocycles.